The van der Waals surface area contributed by atoms with E-state index in [1.54, 1.807) is 4.68 Å². The number of aliphatic carboxylic acids is 1. The van der Waals surface area contributed by atoms with E-state index in [1.165, 1.54) is 0 Å². The summed E-state index contributed by atoms with van der Waals surface area (Å²) in [7, 11) is 0. The van der Waals surface area contributed by atoms with Crippen LogP contribution in [0.1, 0.15) is 44.0 Å². The Labute approximate surface area is 102 Å². The first-order valence-corrected chi connectivity index (χ1v) is 6.23. The number of carboxylic acid groups (broad SMARTS) is 1. The van der Waals surface area contributed by atoms with E-state index in [0.29, 0.717) is 18.8 Å². The van der Waals surface area contributed by atoms with Gasteiger partial charge in [-0.2, -0.15) is 5.10 Å². The second kappa shape index (κ2) is 4.17. The van der Waals surface area contributed by atoms with Gasteiger partial charge >= 0.3 is 5.97 Å². The number of rotatable bonds is 2. The van der Waals surface area contributed by atoms with E-state index in [2.05, 4.69) is 12.0 Å². The van der Waals surface area contributed by atoms with Gasteiger partial charge in [0.2, 0.25) is 0 Å². The Morgan fingerprint density at radius 3 is 2.76 bits per heavy atom. The topological polar surface area (TPSA) is 55.1 Å². The van der Waals surface area contributed by atoms with Gasteiger partial charge < -0.3 is 5.11 Å². The van der Waals surface area contributed by atoms with Crippen LogP contribution in [0.25, 0.3) is 0 Å². The van der Waals surface area contributed by atoms with Crippen molar-refractivity contribution in [3.63, 3.8) is 0 Å². The molecule has 0 amide bonds. The molecule has 1 heterocycles. The summed E-state index contributed by atoms with van der Waals surface area (Å²) in [5.41, 5.74) is 1.01. The highest BCUT2D eigenvalue weighted by Crippen LogP contribution is 2.38. The van der Waals surface area contributed by atoms with Gasteiger partial charge in [-0.15, -0.1) is 0 Å². The van der Waals surface area contributed by atoms with E-state index in [1.807, 2.05) is 19.9 Å². The molecule has 1 aromatic heterocycles. The third-order valence-corrected chi connectivity index (χ3v) is 3.79. The lowest BCUT2D eigenvalue weighted by Gasteiger charge is -2.37. The smallest absolute Gasteiger partial charge is 0.331 e. The normalized spacial score (nSPS) is 29.2. The fourth-order valence-corrected chi connectivity index (χ4v) is 3.06. The van der Waals surface area contributed by atoms with Gasteiger partial charge in [0.15, 0.2) is 5.54 Å². The first kappa shape index (κ1) is 12.1. The van der Waals surface area contributed by atoms with Crippen molar-refractivity contribution in [2.45, 2.75) is 52.0 Å². The first-order chi connectivity index (χ1) is 7.95. The van der Waals surface area contributed by atoms with E-state index in [9.17, 15) is 9.90 Å². The third-order valence-electron chi connectivity index (χ3n) is 3.79. The summed E-state index contributed by atoms with van der Waals surface area (Å²) in [5, 5.41) is 14.0. The molecule has 2 atom stereocenters. The molecule has 4 nitrogen and oxygen atoms in total. The fraction of sp³-hybridized carbons (Fsp3) is 0.692. The van der Waals surface area contributed by atoms with Crippen molar-refractivity contribution in [3.8, 4) is 0 Å². The molecule has 1 aliphatic carbocycles. The van der Waals surface area contributed by atoms with Crippen molar-refractivity contribution >= 4 is 5.97 Å². The van der Waals surface area contributed by atoms with E-state index in [-0.39, 0.29) is 0 Å². The van der Waals surface area contributed by atoms with Crippen molar-refractivity contribution < 1.29 is 9.90 Å². The van der Waals surface area contributed by atoms with Crippen LogP contribution in [0.2, 0.25) is 0 Å². The van der Waals surface area contributed by atoms with Crippen LogP contribution in [0.3, 0.4) is 0 Å². The average molecular weight is 236 g/mol. The molecule has 0 bridgehead atoms. The molecule has 94 valence electrons. The summed E-state index contributed by atoms with van der Waals surface area (Å²) >= 11 is 0. The molecule has 1 saturated carbocycles. The van der Waals surface area contributed by atoms with Gasteiger partial charge in [-0.3, -0.25) is 4.68 Å². The van der Waals surface area contributed by atoms with Gasteiger partial charge in [-0.25, -0.2) is 4.79 Å². The molecule has 0 aromatic carbocycles. The van der Waals surface area contributed by atoms with Crippen LogP contribution in [0.5, 0.6) is 0 Å². The Kier molecular flexibility index (Phi) is 2.98. The number of aryl methyl sites for hydroxylation is 2. The molecular weight excluding hydrogens is 216 g/mol. The molecule has 2 rings (SSSR count). The maximum atomic E-state index is 11.7. The summed E-state index contributed by atoms with van der Waals surface area (Å²) in [6.07, 6.45) is 3.46. The number of carboxylic acids is 1. The Bertz CT molecular complexity index is 439. The maximum Gasteiger partial charge on any atom is 0.331 e. The summed E-state index contributed by atoms with van der Waals surface area (Å²) in [6, 6.07) is 1.95. The Balaban J connectivity index is 2.47. The Hall–Kier alpha value is -1.32. The van der Waals surface area contributed by atoms with Gasteiger partial charge in [-0.05, 0) is 38.7 Å². The second-order valence-corrected chi connectivity index (χ2v) is 5.38. The highest BCUT2D eigenvalue weighted by atomic mass is 16.4. The van der Waals surface area contributed by atoms with Gasteiger partial charge in [-0.1, -0.05) is 19.8 Å². The van der Waals surface area contributed by atoms with Crippen molar-refractivity contribution in [1.82, 2.24) is 9.78 Å². The van der Waals surface area contributed by atoms with Crippen LogP contribution in [-0.4, -0.2) is 20.9 Å². The molecular formula is C13H20N2O2. The molecule has 2 unspecified atom stereocenters. The van der Waals surface area contributed by atoms with E-state index >= 15 is 0 Å². The van der Waals surface area contributed by atoms with Gasteiger partial charge in [0.25, 0.3) is 0 Å². The fourth-order valence-electron chi connectivity index (χ4n) is 3.06. The highest BCUT2D eigenvalue weighted by molar-refractivity contribution is 5.77. The molecule has 0 spiro atoms. The zero-order valence-corrected chi connectivity index (χ0v) is 10.7. The molecule has 1 aliphatic rings. The number of aromatic nitrogens is 2. The predicted molar refractivity (Wildman–Crippen MR) is 64.9 cm³/mol. The van der Waals surface area contributed by atoms with Crippen molar-refractivity contribution in [2.24, 2.45) is 5.92 Å². The highest BCUT2D eigenvalue weighted by Gasteiger charge is 2.45. The Morgan fingerprint density at radius 1 is 1.59 bits per heavy atom. The average Bonchev–Trinajstić information content (AvgIpc) is 2.57. The SMILES string of the molecule is Cc1cc(C)n(C2(C(=O)O)CCCC(C)C2)n1. The lowest BCUT2D eigenvalue weighted by atomic mass is 9.76. The number of hydrogen-bond donors (Lipinski definition) is 1. The maximum absolute atomic E-state index is 11.7. The van der Waals surface area contributed by atoms with Crippen molar-refractivity contribution in [2.75, 3.05) is 0 Å². The minimum Gasteiger partial charge on any atom is -0.479 e. The molecule has 17 heavy (non-hydrogen) atoms. The van der Waals surface area contributed by atoms with Crippen LogP contribution in [-0.2, 0) is 10.3 Å². The number of nitrogens with zero attached hydrogens (tertiary/aromatic N) is 2. The quantitative estimate of drug-likeness (QED) is 0.858. The van der Waals surface area contributed by atoms with Crippen molar-refractivity contribution in [1.29, 1.82) is 0 Å². The molecule has 1 aromatic rings. The van der Waals surface area contributed by atoms with Gasteiger partial charge in [0.1, 0.15) is 0 Å². The zero-order chi connectivity index (χ0) is 12.6. The minimum absolute atomic E-state index is 0.448. The van der Waals surface area contributed by atoms with E-state index in [4.69, 9.17) is 0 Å². The molecule has 4 heteroatoms. The van der Waals surface area contributed by atoms with Crippen LogP contribution in [0.15, 0.2) is 6.07 Å². The van der Waals surface area contributed by atoms with Gasteiger partial charge in [0, 0.05) is 5.69 Å². The lowest BCUT2D eigenvalue weighted by Crippen LogP contribution is -2.46. The van der Waals surface area contributed by atoms with Crippen LogP contribution < -0.4 is 0 Å². The first-order valence-electron chi connectivity index (χ1n) is 6.23. The van der Waals surface area contributed by atoms with Crippen LogP contribution in [0.4, 0.5) is 0 Å². The van der Waals surface area contributed by atoms with Gasteiger partial charge in [0.05, 0.1) is 5.69 Å². The van der Waals surface area contributed by atoms with Crippen molar-refractivity contribution in [3.05, 3.63) is 17.5 Å². The summed E-state index contributed by atoms with van der Waals surface area (Å²) < 4.78 is 1.74. The van der Waals surface area contributed by atoms with E-state index < -0.39 is 11.5 Å². The number of hydrogen-bond acceptors (Lipinski definition) is 2. The molecule has 1 fully saturated rings. The second-order valence-electron chi connectivity index (χ2n) is 5.38. The lowest BCUT2D eigenvalue weighted by molar-refractivity contribution is -0.151. The van der Waals surface area contributed by atoms with E-state index in [0.717, 1.165) is 24.2 Å². The van der Waals surface area contributed by atoms with Crippen LogP contribution >= 0.6 is 0 Å². The molecule has 1 N–H and O–H groups in total. The molecule has 0 radical (unpaired) electrons. The minimum atomic E-state index is -0.823. The monoisotopic (exact) mass is 236 g/mol. The largest absolute Gasteiger partial charge is 0.479 e. The molecule has 0 aliphatic heterocycles. The van der Waals surface area contributed by atoms with Crippen LogP contribution in [0, 0.1) is 19.8 Å². The summed E-state index contributed by atoms with van der Waals surface area (Å²) in [6.45, 7) is 5.97. The Morgan fingerprint density at radius 2 is 2.29 bits per heavy atom. The summed E-state index contributed by atoms with van der Waals surface area (Å²) in [5.74, 6) is -0.293. The standard InChI is InChI=1S/C13H20N2O2/c1-9-5-4-6-13(8-9,12(16)17)15-11(3)7-10(2)14-15/h7,9H,4-6,8H2,1-3H3,(H,16,17). The zero-order valence-electron chi connectivity index (χ0n) is 10.7. The molecule has 0 saturated heterocycles. The summed E-state index contributed by atoms with van der Waals surface area (Å²) in [4.78, 5) is 11.7. The number of carbonyl (C=O) groups is 1. The predicted octanol–water partition coefficient (Wildman–Crippen LogP) is 2.49. The third kappa shape index (κ3) is 1.96.